The zero-order valence-corrected chi connectivity index (χ0v) is 11.3. The number of rotatable bonds is 3. The molecule has 0 aliphatic carbocycles. The third-order valence-electron chi connectivity index (χ3n) is 2.70. The molecule has 1 atom stereocenters. The van der Waals surface area contributed by atoms with E-state index >= 15 is 0 Å². The van der Waals surface area contributed by atoms with Crippen LogP contribution in [0.15, 0.2) is 41.4 Å². The van der Waals surface area contributed by atoms with Gasteiger partial charge in [-0.25, -0.2) is 4.98 Å². The quantitative estimate of drug-likeness (QED) is 0.867. The van der Waals surface area contributed by atoms with E-state index in [9.17, 15) is 4.21 Å². The van der Waals surface area contributed by atoms with Gasteiger partial charge in [-0.05, 0) is 30.7 Å². The van der Waals surface area contributed by atoms with Crippen molar-refractivity contribution in [3.63, 3.8) is 0 Å². The van der Waals surface area contributed by atoms with Crippen LogP contribution < -0.4 is 5.73 Å². The molecule has 0 aliphatic rings. The maximum Gasteiger partial charge on any atom is 0.144 e. The van der Waals surface area contributed by atoms with Gasteiger partial charge in [0, 0.05) is 17.4 Å². The highest BCUT2D eigenvalue weighted by atomic mass is 32.2. The number of pyridine rings is 1. The standard InChI is InChI=1S/C14H13N3OS/c1-10-4-5-12(16)14(7-10)19(18)9-11-3-2-6-17-13(11)8-15/h2-7H,9,16H2,1H3. The Morgan fingerprint density at radius 3 is 2.95 bits per heavy atom. The molecule has 1 unspecified atom stereocenters. The number of nitrogen functional groups attached to an aromatic ring is 1. The molecular weight excluding hydrogens is 258 g/mol. The van der Waals surface area contributed by atoms with Gasteiger partial charge in [-0.3, -0.25) is 4.21 Å². The lowest BCUT2D eigenvalue weighted by Gasteiger charge is -2.07. The number of aromatic nitrogens is 1. The maximum atomic E-state index is 12.3. The highest BCUT2D eigenvalue weighted by Gasteiger charge is 2.12. The van der Waals surface area contributed by atoms with Crippen molar-refractivity contribution in [1.82, 2.24) is 4.98 Å². The van der Waals surface area contributed by atoms with Gasteiger partial charge in [0.15, 0.2) is 0 Å². The Bertz CT molecular complexity index is 677. The molecule has 2 N–H and O–H groups in total. The van der Waals surface area contributed by atoms with Crippen molar-refractivity contribution in [2.45, 2.75) is 17.6 Å². The van der Waals surface area contributed by atoms with Crippen LogP contribution in [0.1, 0.15) is 16.8 Å². The van der Waals surface area contributed by atoms with Crippen LogP contribution in [0, 0.1) is 18.3 Å². The Morgan fingerprint density at radius 1 is 1.42 bits per heavy atom. The van der Waals surface area contributed by atoms with Gasteiger partial charge in [-0.2, -0.15) is 5.26 Å². The number of nitriles is 1. The Hall–Kier alpha value is -2.19. The second-order valence-electron chi connectivity index (χ2n) is 4.15. The van der Waals surface area contributed by atoms with Crippen LogP contribution in [0.5, 0.6) is 0 Å². The lowest BCUT2D eigenvalue weighted by atomic mass is 10.2. The van der Waals surface area contributed by atoms with E-state index in [0.717, 1.165) is 5.56 Å². The van der Waals surface area contributed by atoms with Gasteiger partial charge in [0.05, 0.1) is 21.4 Å². The molecule has 0 aliphatic heterocycles. The van der Waals surface area contributed by atoms with E-state index < -0.39 is 10.8 Å². The summed E-state index contributed by atoms with van der Waals surface area (Å²) in [4.78, 5) is 4.56. The van der Waals surface area contributed by atoms with Gasteiger partial charge in [-0.1, -0.05) is 12.1 Å². The molecule has 0 bridgehead atoms. The van der Waals surface area contributed by atoms with Gasteiger partial charge < -0.3 is 5.73 Å². The molecule has 1 aromatic heterocycles. The van der Waals surface area contributed by atoms with Crippen LogP contribution in [0.3, 0.4) is 0 Å². The summed E-state index contributed by atoms with van der Waals surface area (Å²) in [6.45, 7) is 1.92. The molecule has 1 aromatic carbocycles. The van der Waals surface area contributed by atoms with E-state index in [1.165, 1.54) is 0 Å². The van der Waals surface area contributed by atoms with Crippen LogP contribution in [-0.2, 0) is 16.6 Å². The molecule has 0 radical (unpaired) electrons. The summed E-state index contributed by atoms with van der Waals surface area (Å²) in [7, 11) is -1.28. The predicted molar refractivity (Wildman–Crippen MR) is 74.7 cm³/mol. The first-order chi connectivity index (χ1) is 9.11. The number of nitrogens with zero attached hydrogens (tertiary/aromatic N) is 2. The summed E-state index contributed by atoms with van der Waals surface area (Å²) in [6, 6.07) is 10.9. The zero-order chi connectivity index (χ0) is 13.8. The van der Waals surface area contributed by atoms with Crippen LogP contribution in [0.2, 0.25) is 0 Å². The molecule has 0 fully saturated rings. The summed E-state index contributed by atoms with van der Waals surface area (Å²) >= 11 is 0. The Kier molecular flexibility index (Phi) is 3.93. The lowest BCUT2D eigenvalue weighted by molar-refractivity contribution is 0.682. The van der Waals surface area contributed by atoms with Gasteiger partial charge in [0.25, 0.3) is 0 Å². The Labute approximate surface area is 114 Å². The number of aryl methyl sites for hydroxylation is 1. The molecule has 4 nitrogen and oxygen atoms in total. The van der Waals surface area contributed by atoms with Crippen molar-refractivity contribution in [3.05, 3.63) is 53.3 Å². The molecule has 1 heterocycles. The minimum Gasteiger partial charge on any atom is -0.398 e. The van der Waals surface area contributed by atoms with Crippen molar-refractivity contribution in [2.24, 2.45) is 0 Å². The summed E-state index contributed by atoms with van der Waals surface area (Å²) < 4.78 is 12.3. The van der Waals surface area contributed by atoms with Crippen molar-refractivity contribution in [2.75, 3.05) is 5.73 Å². The first-order valence-corrected chi connectivity index (χ1v) is 7.02. The normalized spacial score (nSPS) is 11.8. The molecule has 19 heavy (non-hydrogen) atoms. The highest BCUT2D eigenvalue weighted by Crippen LogP contribution is 2.21. The summed E-state index contributed by atoms with van der Waals surface area (Å²) in [6.07, 6.45) is 1.55. The fourth-order valence-electron chi connectivity index (χ4n) is 1.71. The maximum absolute atomic E-state index is 12.3. The average molecular weight is 271 g/mol. The SMILES string of the molecule is Cc1ccc(N)c(S(=O)Cc2cccnc2C#N)c1. The first-order valence-electron chi connectivity index (χ1n) is 5.70. The zero-order valence-electron chi connectivity index (χ0n) is 10.5. The molecule has 2 rings (SSSR count). The molecule has 0 saturated carbocycles. The minimum absolute atomic E-state index is 0.240. The number of nitrogens with two attached hydrogens (primary N) is 1. The second-order valence-corrected chi connectivity index (χ2v) is 5.57. The van der Waals surface area contributed by atoms with Crippen LogP contribution in [-0.4, -0.2) is 9.19 Å². The van der Waals surface area contributed by atoms with Crippen molar-refractivity contribution >= 4 is 16.5 Å². The highest BCUT2D eigenvalue weighted by molar-refractivity contribution is 7.84. The van der Waals surface area contributed by atoms with Crippen LogP contribution in [0.25, 0.3) is 0 Å². The Morgan fingerprint density at radius 2 is 2.21 bits per heavy atom. The lowest BCUT2D eigenvalue weighted by Crippen LogP contribution is -2.03. The largest absolute Gasteiger partial charge is 0.398 e. The molecule has 2 aromatic rings. The van der Waals surface area contributed by atoms with E-state index in [1.54, 1.807) is 24.4 Å². The number of anilines is 1. The monoisotopic (exact) mass is 271 g/mol. The molecule has 0 amide bonds. The van der Waals surface area contributed by atoms with E-state index in [4.69, 9.17) is 11.0 Å². The molecule has 5 heteroatoms. The van der Waals surface area contributed by atoms with E-state index in [-0.39, 0.29) is 5.75 Å². The van der Waals surface area contributed by atoms with Gasteiger partial charge in [0.2, 0.25) is 0 Å². The smallest absolute Gasteiger partial charge is 0.144 e. The van der Waals surface area contributed by atoms with Crippen molar-refractivity contribution in [1.29, 1.82) is 5.26 Å². The Balaban J connectivity index is 2.31. The third kappa shape index (κ3) is 2.98. The fraction of sp³-hybridized carbons (Fsp3) is 0.143. The summed E-state index contributed by atoms with van der Waals surface area (Å²) in [5, 5.41) is 8.96. The third-order valence-corrected chi connectivity index (χ3v) is 4.12. The summed E-state index contributed by atoms with van der Waals surface area (Å²) in [5.41, 5.74) is 8.33. The van der Waals surface area contributed by atoms with E-state index in [0.29, 0.717) is 21.8 Å². The predicted octanol–water partition coefficient (Wildman–Crippen LogP) is 2.15. The number of benzene rings is 1. The number of hydrogen-bond acceptors (Lipinski definition) is 4. The first kappa shape index (κ1) is 13.2. The minimum atomic E-state index is -1.28. The average Bonchev–Trinajstić information content (AvgIpc) is 2.42. The van der Waals surface area contributed by atoms with Crippen molar-refractivity contribution in [3.8, 4) is 6.07 Å². The molecule has 0 saturated heterocycles. The number of hydrogen-bond donors (Lipinski definition) is 1. The van der Waals surface area contributed by atoms with E-state index in [1.807, 2.05) is 25.1 Å². The van der Waals surface area contributed by atoms with Crippen molar-refractivity contribution < 1.29 is 4.21 Å². The second kappa shape index (κ2) is 5.63. The van der Waals surface area contributed by atoms with Gasteiger partial charge in [0.1, 0.15) is 11.8 Å². The fourth-order valence-corrected chi connectivity index (χ4v) is 3.03. The van der Waals surface area contributed by atoms with Gasteiger partial charge in [-0.15, -0.1) is 0 Å². The van der Waals surface area contributed by atoms with Crippen LogP contribution in [0.4, 0.5) is 5.69 Å². The van der Waals surface area contributed by atoms with Crippen LogP contribution >= 0.6 is 0 Å². The molecule has 0 spiro atoms. The molecule has 96 valence electrons. The van der Waals surface area contributed by atoms with Gasteiger partial charge >= 0.3 is 0 Å². The molecular formula is C14H13N3OS. The summed E-state index contributed by atoms with van der Waals surface area (Å²) in [5.74, 6) is 0.240. The van der Waals surface area contributed by atoms with E-state index in [2.05, 4.69) is 4.98 Å². The topological polar surface area (TPSA) is 79.8 Å².